The second-order valence-electron chi connectivity index (χ2n) is 4.29. The molecule has 18 heavy (non-hydrogen) atoms. The maximum absolute atomic E-state index is 12.2. The summed E-state index contributed by atoms with van der Waals surface area (Å²) in [5.74, 6) is 0.291. The van der Waals surface area contributed by atoms with Crippen molar-refractivity contribution in [3.8, 4) is 5.75 Å². The highest BCUT2D eigenvalue weighted by atomic mass is 16.5. The average molecular weight is 248 g/mol. The highest BCUT2D eigenvalue weighted by molar-refractivity contribution is 6.08. The van der Waals surface area contributed by atoms with Crippen LogP contribution in [-0.4, -0.2) is 31.0 Å². The molecule has 2 rings (SSSR count). The van der Waals surface area contributed by atoms with E-state index >= 15 is 0 Å². The number of amides is 2. The molecule has 0 saturated carbocycles. The summed E-state index contributed by atoms with van der Waals surface area (Å²) in [5.41, 5.74) is 0.624. The first-order valence-corrected chi connectivity index (χ1v) is 5.82. The summed E-state index contributed by atoms with van der Waals surface area (Å²) in [5, 5.41) is 2.65. The highest BCUT2D eigenvalue weighted by Gasteiger charge is 2.37. The Morgan fingerprint density at radius 1 is 1.22 bits per heavy atom. The van der Waals surface area contributed by atoms with Crippen molar-refractivity contribution in [3.63, 3.8) is 0 Å². The molecule has 1 N–H and O–H groups in total. The van der Waals surface area contributed by atoms with Gasteiger partial charge in [0.1, 0.15) is 17.8 Å². The lowest BCUT2D eigenvalue weighted by molar-refractivity contribution is -0.133. The minimum absolute atomic E-state index is 0.133. The van der Waals surface area contributed by atoms with Gasteiger partial charge in [-0.1, -0.05) is 12.1 Å². The number of ether oxygens (including phenoxy) is 1. The number of methoxy groups -OCH3 is 1. The van der Waals surface area contributed by atoms with E-state index in [0.29, 0.717) is 11.4 Å². The number of carbonyl (C=O) groups is 2. The van der Waals surface area contributed by atoms with Crippen LogP contribution in [0.5, 0.6) is 5.75 Å². The van der Waals surface area contributed by atoms with Crippen molar-refractivity contribution in [2.24, 2.45) is 0 Å². The molecule has 1 saturated heterocycles. The first kappa shape index (κ1) is 12.4. The van der Waals surface area contributed by atoms with Gasteiger partial charge in [-0.2, -0.15) is 0 Å². The van der Waals surface area contributed by atoms with Crippen molar-refractivity contribution in [3.05, 3.63) is 24.3 Å². The zero-order valence-corrected chi connectivity index (χ0v) is 10.6. The first-order valence-electron chi connectivity index (χ1n) is 5.82. The fourth-order valence-corrected chi connectivity index (χ4v) is 2.07. The normalized spacial score (nSPS) is 23.8. The molecule has 96 valence electrons. The van der Waals surface area contributed by atoms with Crippen LogP contribution in [0.25, 0.3) is 0 Å². The van der Waals surface area contributed by atoms with Gasteiger partial charge in [-0.3, -0.25) is 14.5 Å². The fraction of sp³-hybridized carbons (Fsp3) is 0.385. The summed E-state index contributed by atoms with van der Waals surface area (Å²) in [6.45, 7) is 3.38. The standard InChI is InChI=1S/C13H16N2O3/c1-8-13(17)15(9(2)12(16)14-8)10-6-4-5-7-11(10)18-3/h4-9H,1-3H3,(H,14,16). The number of nitrogens with one attached hydrogen (secondary N) is 1. The zero-order valence-electron chi connectivity index (χ0n) is 10.6. The summed E-state index contributed by atoms with van der Waals surface area (Å²) in [4.78, 5) is 25.5. The Balaban J connectivity index is 2.46. The van der Waals surface area contributed by atoms with Crippen molar-refractivity contribution in [2.45, 2.75) is 25.9 Å². The second kappa shape index (κ2) is 4.68. The molecule has 0 aromatic heterocycles. The lowest BCUT2D eigenvalue weighted by Crippen LogP contribution is -2.61. The van der Waals surface area contributed by atoms with Crippen LogP contribution < -0.4 is 15.0 Å². The predicted octanol–water partition coefficient (Wildman–Crippen LogP) is 0.935. The molecule has 1 aliphatic rings. The topological polar surface area (TPSA) is 58.6 Å². The number of anilines is 1. The number of nitrogens with zero attached hydrogens (tertiary/aromatic N) is 1. The van der Waals surface area contributed by atoms with Crippen LogP contribution in [0.4, 0.5) is 5.69 Å². The van der Waals surface area contributed by atoms with Crippen LogP contribution >= 0.6 is 0 Å². The van der Waals surface area contributed by atoms with E-state index in [4.69, 9.17) is 4.74 Å². The van der Waals surface area contributed by atoms with Gasteiger partial charge in [0.15, 0.2) is 0 Å². The van der Waals surface area contributed by atoms with Gasteiger partial charge in [0.2, 0.25) is 11.8 Å². The number of hydrogen-bond acceptors (Lipinski definition) is 3. The molecule has 0 bridgehead atoms. The fourth-order valence-electron chi connectivity index (χ4n) is 2.07. The van der Waals surface area contributed by atoms with Gasteiger partial charge in [-0.25, -0.2) is 0 Å². The molecule has 0 radical (unpaired) electrons. The van der Waals surface area contributed by atoms with Gasteiger partial charge in [-0.15, -0.1) is 0 Å². The number of para-hydroxylation sites is 2. The average Bonchev–Trinajstić information content (AvgIpc) is 2.37. The monoisotopic (exact) mass is 248 g/mol. The molecule has 2 atom stereocenters. The van der Waals surface area contributed by atoms with E-state index in [-0.39, 0.29) is 11.8 Å². The van der Waals surface area contributed by atoms with Gasteiger partial charge in [0, 0.05) is 0 Å². The van der Waals surface area contributed by atoms with Gasteiger partial charge in [-0.05, 0) is 26.0 Å². The largest absolute Gasteiger partial charge is 0.495 e. The summed E-state index contributed by atoms with van der Waals surface area (Å²) >= 11 is 0. The van der Waals surface area contributed by atoms with E-state index in [1.807, 2.05) is 12.1 Å². The number of piperazine rings is 1. The molecular formula is C13H16N2O3. The molecule has 2 unspecified atom stereocenters. The minimum atomic E-state index is -0.537. The highest BCUT2D eigenvalue weighted by Crippen LogP contribution is 2.30. The van der Waals surface area contributed by atoms with Crippen molar-refractivity contribution < 1.29 is 14.3 Å². The minimum Gasteiger partial charge on any atom is -0.495 e. The number of benzene rings is 1. The van der Waals surface area contributed by atoms with Gasteiger partial charge in [0.05, 0.1) is 12.8 Å². The zero-order chi connectivity index (χ0) is 13.3. The third-order valence-electron chi connectivity index (χ3n) is 3.08. The van der Waals surface area contributed by atoms with Crippen LogP contribution in [0.15, 0.2) is 24.3 Å². The van der Waals surface area contributed by atoms with Crippen molar-refractivity contribution in [1.82, 2.24) is 5.32 Å². The lowest BCUT2D eigenvalue weighted by Gasteiger charge is -2.36. The Hall–Kier alpha value is -2.04. The Morgan fingerprint density at radius 3 is 2.56 bits per heavy atom. The maximum Gasteiger partial charge on any atom is 0.250 e. The molecular weight excluding hydrogens is 232 g/mol. The van der Waals surface area contributed by atoms with E-state index < -0.39 is 12.1 Å². The first-order chi connectivity index (χ1) is 8.56. The lowest BCUT2D eigenvalue weighted by atomic mass is 10.1. The Morgan fingerprint density at radius 2 is 1.89 bits per heavy atom. The van der Waals surface area contributed by atoms with Gasteiger partial charge >= 0.3 is 0 Å². The molecule has 5 heteroatoms. The number of hydrogen-bond donors (Lipinski definition) is 1. The van der Waals surface area contributed by atoms with Crippen molar-refractivity contribution in [2.75, 3.05) is 12.0 Å². The van der Waals surface area contributed by atoms with E-state index in [1.54, 1.807) is 33.1 Å². The number of rotatable bonds is 2. The Kier molecular flexibility index (Phi) is 3.23. The molecule has 0 spiro atoms. The summed E-state index contributed by atoms with van der Waals surface area (Å²) in [6, 6.07) is 6.13. The summed E-state index contributed by atoms with van der Waals surface area (Å²) < 4.78 is 5.24. The number of carbonyl (C=O) groups excluding carboxylic acids is 2. The maximum atomic E-state index is 12.2. The van der Waals surface area contributed by atoms with E-state index in [2.05, 4.69) is 5.32 Å². The molecule has 0 aliphatic carbocycles. The molecule has 5 nitrogen and oxygen atoms in total. The van der Waals surface area contributed by atoms with Gasteiger partial charge < -0.3 is 10.1 Å². The Labute approximate surface area is 106 Å². The summed E-state index contributed by atoms with van der Waals surface area (Å²) in [6.07, 6.45) is 0. The van der Waals surface area contributed by atoms with Crippen LogP contribution in [0.2, 0.25) is 0 Å². The molecule has 1 fully saturated rings. The van der Waals surface area contributed by atoms with Gasteiger partial charge in [0.25, 0.3) is 0 Å². The smallest absolute Gasteiger partial charge is 0.250 e. The van der Waals surface area contributed by atoms with Crippen LogP contribution in [0, 0.1) is 0 Å². The second-order valence-corrected chi connectivity index (χ2v) is 4.29. The van der Waals surface area contributed by atoms with E-state index in [0.717, 1.165) is 0 Å². The third kappa shape index (κ3) is 1.92. The molecule has 1 heterocycles. The van der Waals surface area contributed by atoms with E-state index in [1.165, 1.54) is 4.90 Å². The van der Waals surface area contributed by atoms with Crippen LogP contribution in [0.1, 0.15) is 13.8 Å². The SMILES string of the molecule is COc1ccccc1N1C(=O)C(C)NC(=O)C1C. The van der Waals surface area contributed by atoms with Crippen LogP contribution in [0.3, 0.4) is 0 Å². The van der Waals surface area contributed by atoms with Crippen molar-refractivity contribution in [1.29, 1.82) is 0 Å². The summed E-state index contributed by atoms with van der Waals surface area (Å²) in [7, 11) is 1.54. The van der Waals surface area contributed by atoms with Crippen LogP contribution in [-0.2, 0) is 9.59 Å². The molecule has 2 amide bonds. The van der Waals surface area contributed by atoms with Crippen molar-refractivity contribution >= 4 is 17.5 Å². The Bertz CT molecular complexity index is 487. The molecule has 1 aliphatic heterocycles. The molecule has 1 aromatic carbocycles. The quantitative estimate of drug-likeness (QED) is 0.847. The predicted molar refractivity (Wildman–Crippen MR) is 67.5 cm³/mol. The third-order valence-corrected chi connectivity index (χ3v) is 3.08. The van der Waals surface area contributed by atoms with E-state index in [9.17, 15) is 9.59 Å². The molecule has 1 aromatic rings.